The molecule has 3 N–H and O–H groups in total. The molecule has 0 aliphatic rings. The van der Waals surface area contributed by atoms with Crippen LogP contribution in [0.1, 0.15) is 59.8 Å². The summed E-state index contributed by atoms with van der Waals surface area (Å²) in [6.45, 7) is 10.4. The van der Waals surface area contributed by atoms with E-state index in [0.717, 1.165) is 0 Å². The Balaban J connectivity index is 2.83. The average Bonchev–Trinajstić information content (AvgIpc) is 2.69. The molecule has 1 aromatic rings. The maximum absolute atomic E-state index is 12.2. The van der Waals surface area contributed by atoms with E-state index in [4.69, 9.17) is 4.74 Å². The Bertz CT molecular complexity index is 603. The lowest BCUT2D eigenvalue weighted by molar-refractivity contribution is -0.120. The summed E-state index contributed by atoms with van der Waals surface area (Å²) in [6.07, 6.45) is -0.242. The van der Waals surface area contributed by atoms with Crippen molar-refractivity contribution in [2.75, 3.05) is 6.54 Å². The van der Waals surface area contributed by atoms with Gasteiger partial charge in [-0.2, -0.15) is 0 Å². The Kier molecular flexibility index (Phi) is 6.36. The van der Waals surface area contributed by atoms with Crippen LogP contribution in [0.2, 0.25) is 0 Å². The number of aryl methyl sites for hydroxylation is 1. The zero-order valence-corrected chi connectivity index (χ0v) is 14.5. The van der Waals surface area contributed by atoms with E-state index in [1.807, 2.05) is 13.8 Å². The van der Waals surface area contributed by atoms with Gasteiger partial charge in [-0.25, -0.2) is 4.79 Å². The zero-order chi connectivity index (χ0) is 17.7. The number of carbonyl (C=O) groups is 3. The predicted molar refractivity (Wildman–Crippen MR) is 86.4 cm³/mol. The lowest BCUT2D eigenvalue weighted by atomic mass is 10.1. The third-order valence-corrected chi connectivity index (χ3v) is 3.07. The SMILES string of the molecule is Cc1[nH]c(C(=O)NCC(=O)NC(C)C)c(C)c1C(=O)OC(C)C. The molecule has 0 aromatic carbocycles. The smallest absolute Gasteiger partial charge is 0.340 e. The molecule has 0 fully saturated rings. The third kappa shape index (κ3) is 5.12. The topological polar surface area (TPSA) is 100 Å². The number of amides is 2. The molecular weight excluding hydrogens is 298 g/mol. The summed E-state index contributed by atoms with van der Waals surface area (Å²) < 4.78 is 5.18. The van der Waals surface area contributed by atoms with Crippen molar-refractivity contribution < 1.29 is 19.1 Å². The summed E-state index contributed by atoms with van der Waals surface area (Å²) in [5.41, 5.74) is 1.69. The van der Waals surface area contributed by atoms with E-state index in [1.165, 1.54) is 0 Å². The highest BCUT2D eigenvalue weighted by Gasteiger charge is 2.23. The Morgan fingerprint density at radius 2 is 1.74 bits per heavy atom. The van der Waals surface area contributed by atoms with Gasteiger partial charge in [-0.3, -0.25) is 9.59 Å². The van der Waals surface area contributed by atoms with Gasteiger partial charge in [0.2, 0.25) is 5.91 Å². The quantitative estimate of drug-likeness (QED) is 0.690. The van der Waals surface area contributed by atoms with Gasteiger partial charge in [-0.15, -0.1) is 0 Å². The van der Waals surface area contributed by atoms with Crippen LogP contribution in [0.3, 0.4) is 0 Å². The first kappa shape index (κ1) is 18.7. The van der Waals surface area contributed by atoms with Gasteiger partial charge >= 0.3 is 5.97 Å². The molecule has 7 nitrogen and oxygen atoms in total. The molecule has 0 aliphatic carbocycles. The largest absolute Gasteiger partial charge is 0.459 e. The van der Waals surface area contributed by atoms with Crippen molar-refractivity contribution >= 4 is 17.8 Å². The van der Waals surface area contributed by atoms with Crippen molar-refractivity contribution in [1.29, 1.82) is 0 Å². The average molecular weight is 323 g/mol. The molecule has 1 heterocycles. The predicted octanol–water partition coefficient (Wildman–Crippen LogP) is 1.45. The van der Waals surface area contributed by atoms with Gasteiger partial charge in [0.25, 0.3) is 5.91 Å². The number of rotatable bonds is 6. The molecule has 2 amide bonds. The second-order valence-electron chi connectivity index (χ2n) is 5.98. The minimum atomic E-state index is -0.470. The minimum Gasteiger partial charge on any atom is -0.459 e. The van der Waals surface area contributed by atoms with Crippen LogP contribution in [0.25, 0.3) is 0 Å². The highest BCUT2D eigenvalue weighted by atomic mass is 16.5. The monoisotopic (exact) mass is 323 g/mol. The Morgan fingerprint density at radius 3 is 2.26 bits per heavy atom. The van der Waals surface area contributed by atoms with E-state index in [2.05, 4.69) is 15.6 Å². The summed E-state index contributed by atoms with van der Waals surface area (Å²) in [5.74, 6) is -1.18. The molecule has 0 saturated heterocycles. The van der Waals surface area contributed by atoms with Crippen LogP contribution in [0.5, 0.6) is 0 Å². The Morgan fingerprint density at radius 1 is 1.13 bits per heavy atom. The number of H-pyrrole nitrogens is 1. The van der Waals surface area contributed by atoms with Crippen LogP contribution >= 0.6 is 0 Å². The van der Waals surface area contributed by atoms with Crippen molar-refractivity contribution in [3.63, 3.8) is 0 Å². The summed E-state index contributed by atoms with van der Waals surface area (Å²) >= 11 is 0. The number of nitrogens with one attached hydrogen (secondary N) is 3. The first-order valence-corrected chi connectivity index (χ1v) is 7.61. The van der Waals surface area contributed by atoms with Crippen LogP contribution in [-0.2, 0) is 9.53 Å². The molecule has 0 bridgehead atoms. The van der Waals surface area contributed by atoms with E-state index in [-0.39, 0.29) is 30.3 Å². The first-order valence-electron chi connectivity index (χ1n) is 7.61. The van der Waals surface area contributed by atoms with Crippen molar-refractivity contribution in [1.82, 2.24) is 15.6 Å². The number of hydrogen-bond donors (Lipinski definition) is 3. The first-order chi connectivity index (χ1) is 10.6. The number of esters is 1. The highest BCUT2D eigenvalue weighted by Crippen LogP contribution is 2.19. The van der Waals surface area contributed by atoms with Crippen LogP contribution in [-0.4, -0.2) is 41.5 Å². The second-order valence-corrected chi connectivity index (χ2v) is 5.98. The maximum Gasteiger partial charge on any atom is 0.340 e. The summed E-state index contributed by atoms with van der Waals surface area (Å²) in [6, 6.07) is 0.00581. The number of ether oxygens (including phenoxy) is 1. The summed E-state index contributed by atoms with van der Waals surface area (Å²) in [4.78, 5) is 38.7. The molecule has 128 valence electrons. The van der Waals surface area contributed by atoms with Crippen molar-refractivity contribution in [2.24, 2.45) is 0 Å². The lowest BCUT2D eigenvalue weighted by Crippen LogP contribution is -2.40. The van der Waals surface area contributed by atoms with Gasteiger partial charge in [0, 0.05) is 11.7 Å². The van der Waals surface area contributed by atoms with Gasteiger partial charge in [0.1, 0.15) is 5.69 Å². The molecule has 23 heavy (non-hydrogen) atoms. The van der Waals surface area contributed by atoms with Gasteiger partial charge < -0.3 is 20.4 Å². The van der Waals surface area contributed by atoms with E-state index < -0.39 is 11.9 Å². The molecule has 0 saturated carbocycles. The van der Waals surface area contributed by atoms with Crippen molar-refractivity contribution in [2.45, 2.75) is 53.7 Å². The van der Waals surface area contributed by atoms with E-state index in [1.54, 1.807) is 27.7 Å². The summed E-state index contributed by atoms with van der Waals surface area (Å²) in [5, 5.41) is 5.21. The van der Waals surface area contributed by atoms with E-state index >= 15 is 0 Å². The standard InChI is InChI=1S/C16H25N3O4/c1-8(2)18-12(20)7-17-15(21)14-10(5)13(11(6)19-14)16(22)23-9(3)4/h8-9,19H,7H2,1-6H3,(H,17,21)(H,18,20). The van der Waals surface area contributed by atoms with Crippen molar-refractivity contribution in [3.8, 4) is 0 Å². The van der Waals surface area contributed by atoms with E-state index in [0.29, 0.717) is 16.8 Å². The molecule has 7 heteroatoms. The lowest BCUT2D eigenvalue weighted by Gasteiger charge is -2.09. The van der Waals surface area contributed by atoms with Gasteiger partial charge in [-0.1, -0.05) is 0 Å². The van der Waals surface area contributed by atoms with Gasteiger partial charge in [-0.05, 0) is 47.1 Å². The molecule has 0 radical (unpaired) electrons. The Labute approximate surface area is 136 Å². The minimum absolute atomic E-state index is 0.00581. The van der Waals surface area contributed by atoms with Gasteiger partial charge in [0.15, 0.2) is 0 Å². The number of carbonyl (C=O) groups excluding carboxylic acids is 3. The molecule has 0 unspecified atom stereocenters. The molecular formula is C16H25N3O4. The molecule has 1 rings (SSSR count). The van der Waals surface area contributed by atoms with Crippen LogP contribution in [0.15, 0.2) is 0 Å². The normalized spacial score (nSPS) is 10.8. The molecule has 1 aromatic heterocycles. The van der Waals surface area contributed by atoms with Crippen LogP contribution in [0, 0.1) is 13.8 Å². The zero-order valence-electron chi connectivity index (χ0n) is 14.5. The fraction of sp³-hybridized carbons (Fsp3) is 0.562. The van der Waals surface area contributed by atoms with Crippen molar-refractivity contribution in [3.05, 3.63) is 22.5 Å². The molecule has 0 aliphatic heterocycles. The van der Waals surface area contributed by atoms with Gasteiger partial charge in [0.05, 0.1) is 18.2 Å². The fourth-order valence-electron chi connectivity index (χ4n) is 2.18. The third-order valence-electron chi connectivity index (χ3n) is 3.07. The molecule has 0 spiro atoms. The number of aromatic amines is 1. The van der Waals surface area contributed by atoms with E-state index in [9.17, 15) is 14.4 Å². The number of hydrogen-bond acceptors (Lipinski definition) is 4. The highest BCUT2D eigenvalue weighted by molar-refractivity contribution is 6.01. The maximum atomic E-state index is 12.2. The number of aromatic nitrogens is 1. The second kappa shape index (κ2) is 7.80. The molecule has 0 atom stereocenters. The fourth-order valence-corrected chi connectivity index (χ4v) is 2.18. The van der Waals surface area contributed by atoms with Crippen LogP contribution < -0.4 is 10.6 Å². The Hall–Kier alpha value is -2.31. The van der Waals surface area contributed by atoms with Crippen LogP contribution in [0.4, 0.5) is 0 Å². The summed E-state index contributed by atoms with van der Waals surface area (Å²) in [7, 11) is 0.